The van der Waals surface area contributed by atoms with E-state index in [1.807, 2.05) is 0 Å². The molecular weight excluding hydrogens is 502 g/mol. The number of carbonyl (C=O) groups excluding carboxylic acids is 4. The second kappa shape index (κ2) is 14.1. The van der Waals surface area contributed by atoms with E-state index in [9.17, 15) is 24.3 Å². The van der Waals surface area contributed by atoms with Gasteiger partial charge in [-0.2, -0.15) is 0 Å². The van der Waals surface area contributed by atoms with Gasteiger partial charge >= 0.3 is 5.97 Å². The first-order valence-corrected chi connectivity index (χ1v) is 14.3. The van der Waals surface area contributed by atoms with Crippen molar-refractivity contribution in [3.05, 3.63) is 25.3 Å². The molecule has 0 aromatic rings. The molecule has 0 aromatic carbocycles. The highest BCUT2D eigenvalue weighted by Gasteiger charge is 2.75. The Bertz CT molecular complexity index is 925. The lowest BCUT2D eigenvalue weighted by Crippen LogP contribution is -2.56. The van der Waals surface area contributed by atoms with Gasteiger partial charge in [-0.25, -0.2) is 0 Å². The van der Waals surface area contributed by atoms with Gasteiger partial charge in [0.1, 0.15) is 17.7 Å². The van der Waals surface area contributed by atoms with Gasteiger partial charge in [-0.1, -0.05) is 25.5 Å². The summed E-state index contributed by atoms with van der Waals surface area (Å²) in [4.78, 5) is 56.6. The van der Waals surface area contributed by atoms with Crippen molar-refractivity contribution < 1.29 is 33.8 Å². The molecule has 218 valence electrons. The lowest BCUT2D eigenvalue weighted by Gasteiger charge is -2.36. The van der Waals surface area contributed by atoms with E-state index in [1.165, 1.54) is 0 Å². The second-order valence-corrected chi connectivity index (χ2v) is 10.8. The number of aliphatic hydroxyl groups is 1. The van der Waals surface area contributed by atoms with E-state index in [0.29, 0.717) is 58.2 Å². The molecule has 10 nitrogen and oxygen atoms in total. The summed E-state index contributed by atoms with van der Waals surface area (Å²) in [6.45, 7) is 12.5. The van der Waals surface area contributed by atoms with E-state index in [0.717, 1.165) is 12.8 Å². The van der Waals surface area contributed by atoms with Crippen molar-refractivity contribution >= 4 is 23.7 Å². The summed E-state index contributed by atoms with van der Waals surface area (Å²) < 4.78 is 12.1. The van der Waals surface area contributed by atoms with Crippen molar-refractivity contribution in [2.75, 3.05) is 32.8 Å². The van der Waals surface area contributed by atoms with E-state index in [-0.39, 0.29) is 30.9 Å². The molecule has 1 spiro atoms. The molecule has 3 rings (SSSR count). The fourth-order valence-electron chi connectivity index (χ4n) is 6.20. The van der Waals surface area contributed by atoms with Gasteiger partial charge in [-0.3, -0.25) is 19.2 Å². The highest BCUT2D eigenvalue weighted by atomic mass is 16.6. The third-order valence-electron chi connectivity index (χ3n) is 8.04. The number of fused-ring (bicyclic) bond motifs is 1. The maximum Gasteiger partial charge on any atom is 0.312 e. The molecule has 0 aliphatic carbocycles. The van der Waals surface area contributed by atoms with Gasteiger partial charge in [0, 0.05) is 32.7 Å². The maximum absolute atomic E-state index is 14.0. The van der Waals surface area contributed by atoms with Gasteiger partial charge in [0.2, 0.25) is 17.7 Å². The average molecular weight is 548 g/mol. The van der Waals surface area contributed by atoms with Crippen LogP contribution < -0.4 is 5.32 Å². The maximum atomic E-state index is 14.0. The lowest BCUT2D eigenvalue weighted by atomic mass is 9.70. The molecule has 0 aromatic heterocycles. The van der Waals surface area contributed by atoms with Crippen LogP contribution in [-0.4, -0.2) is 95.2 Å². The number of esters is 1. The molecule has 3 aliphatic rings. The third kappa shape index (κ3) is 6.54. The number of unbranched alkanes of at least 4 members (excludes halogenated alkanes) is 2. The molecule has 3 aliphatic heterocycles. The second-order valence-electron chi connectivity index (χ2n) is 10.8. The van der Waals surface area contributed by atoms with Crippen LogP contribution in [-0.2, 0) is 28.7 Å². The Morgan fingerprint density at radius 1 is 1.28 bits per heavy atom. The number of allylic oxidation sites excluding steroid dienone is 1. The van der Waals surface area contributed by atoms with Crippen LogP contribution >= 0.6 is 0 Å². The molecule has 3 fully saturated rings. The predicted octanol–water partition coefficient (Wildman–Crippen LogP) is 1.96. The molecule has 2 N–H and O–H groups in total. The predicted molar refractivity (Wildman–Crippen MR) is 145 cm³/mol. The van der Waals surface area contributed by atoms with Gasteiger partial charge in [0.25, 0.3) is 0 Å². The summed E-state index contributed by atoms with van der Waals surface area (Å²) in [5.74, 6) is -2.77. The van der Waals surface area contributed by atoms with Gasteiger partial charge in [0.05, 0.1) is 24.5 Å². The van der Waals surface area contributed by atoms with E-state index in [1.54, 1.807) is 28.9 Å². The smallest absolute Gasteiger partial charge is 0.312 e. The van der Waals surface area contributed by atoms with E-state index >= 15 is 0 Å². The van der Waals surface area contributed by atoms with Crippen LogP contribution in [0, 0.1) is 11.8 Å². The Morgan fingerprint density at radius 2 is 2.05 bits per heavy atom. The molecule has 6 atom stereocenters. The number of amides is 3. The Balaban J connectivity index is 1.81. The molecule has 3 heterocycles. The Morgan fingerprint density at radius 3 is 2.72 bits per heavy atom. The van der Waals surface area contributed by atoms with Crippen LogP contribution in [0.15, 0.2) is 25.3 Å². The summed E-state index contributed by atoms with van der Waals surface area (Å²) in [6.07, 6.45) is 6.96. The zero-order valence-electron chi connectivity index (χ0n) is 23.4. The van der Waals surface area contributed by atoms with Gasteiger partial charge in [-0.05, 0) is 45.4 Å². The van der Waals surface area contributed by atoms with Crippen LogP contribution in [0.2, 0.25) is 0 Å². The molecule has 3 amide bonds. The van der Waals surface area contributed by atoms with Crippen LogP contribution in [0.4, 0.5) is 0 Å². The Hall–Kier alpha value is -2.72. The molecule has 10 heteroatoms. The van der Waals surface area contributed by atoms with Crippen molar-refractivity contribution in [3.8, 4) is 0 Å². The largest absolute Gasteiger partial charge is 0.460 e. The molecule has 39 heavy (non-hydrogen) atoms. The van der Waals surface area contributed by atoms with Crippen molar-refractivity contribution in [2.45, 2.75) is 89.1 Å². The zero-order valence-corrected chi connectivity index (χ0v) is 23.4. The minimum Gasteiger partial charge on any atom is -0.460 e. The number of nitrogens with one attached hydrogen (secondary N) is 1. The number of hydrogen-bond donors (Lipinski definition) is 2. The first-order valence-electron chi connectivity index (χ1n) is 14.3. The van der Waals surface area contributed by atoms with Crippen molar-refractivity contribution in [1.82, 2.24) is 15.1 Å². The van der Waals surface area contributed by atoms with Crippen molar-refractivity contribution in [3.63, 3.8) is 0 Å². The number of likely N-dealkylation sites (tertiary alicyclic amines) is 1. The van der Waals surface area contributed by atoms with Crippen LogP contribution in [0.1, 0.15) is 65.2 Å². The van der Waals surface area contributed by atoms with Gasteiger partial charge < -0.3 is 29.7 Å². The minimum atomic E-state index is -1.09. The molecular formula is C29H45N3O7. The number of carbonyl (C=O) groups is 4. The van der Waals surface area contributed by atoms with Crippen LogP contribution in [0.25, 0.3) is 0 Å². The zero-order chi connectivity index (χ0) is 28.6. The van der Waals surface area contributed by atoms with Gasteiger partial charge in [0.15, 0.2) is 0 Å². The highest BCUT2D eigenvalue weighted by Crippen LogP contribution is 2.58. The summed E-state index contributed by atoms with van der Waals surface area (Å²) in [5, 5.41) is 12.1. The minimum absolute atomic E-state index is 0.0101. The van der Waals surface area contributed by atoms with Crippen LogP contribution in [0.3, 0.4) is 0 Å². The average Bonchev–Trinajstić information content (AvgIpc) is 3.56. The first-order chi connectivity index (χ1) is 18.7. The number of nitrogens with zero attached hydrogens (tertiary/aromatic N) is 2. The Labute approximate surface area is 231 Å². The van der Waals surface area contributed by atoms with E-state index in [4.69, 9.17) is 9.47 Å². The van der Waals surface area contributed by atoms with Crippen molar-refractivity contribution in [2.24, 2.45) is 11.8 Å². The fourth-order valence-corrected chi connectivity index (χ4v) is 6.20. The molecule has 0 saturated carbocycles. The fraction of sp³-hybridized carbons (Fsp3) is 0.724. The number of rotatable bonds is 17. The standard InChI is InChI=1S/C29H45N3O7/c1-5-8-12-22(34)30-19-20(4)38-28(37)23-21-13-14-29(39-21)24(23)26(35)32(17-10-11-18-33)25(29)27(36)31(15-7-3)16-9-6-2/h5,7,20-21,23-25,33H,1,3,6,8-19H2,2,4H3,(H,30,34)/t20-,21-,23+,24+,25-,29+/m1/s1. The molecule has 0 unspecified atom stereocenters. The quantitative estimate of drug-likeness (QED) is 0.162. The van der Waals surface area contributed by atoms with Gasteiger partial charge in [-0.15, -0.1) is 13.2 Å². The molecule has 2 bridgehead atoms. The van der Waals surface area contributed by atoms with Crippen LogP contribution in [0.5, 0.6) is 0 Å². The summed E-state index contributed by atoms with van der Waals surface area (Å²) >= 11 is 0. The molecule has 3 saturated heterocycles. The van der Waals surface area contributed by atoms with E-state index < -0.39 is 41.7 Å². The Kier molecular flexibility index (Phi) is 11.1. The first kappa shape index (κ1) is 30.8. The topological polar surface area (TPSA) is 125 Å². The number of hydrogen-bond acceptors (Lipinski definition) is 7. The number of aliphatic hydroxyl groups excluding tert-OH is 1. The van der Waals surface area contributed by atoms with Crippen molar-refractivity contribution in [1.29, 1.82) is 0 Å². The normalized spacial score (nSPS) is 27.7. The molecule has 0 radical (unpaired) electrons. The SMILES string of the molecule is C=CCCC(=O)NC[C@@H](C)OC(=O)[C@@H]1[C@H]2C(=O)N(CCCCO)[C@H](C(=O)N(CC=C)CCCC)[C@]23CC[C@H]1O3. The summed E-state index contributed by atoms with van der Waals surface area (Å²) in [7, 11) is 0. The summed E-state index contributed by atoms with van der Waals surface area (Å²) in [6, 6.07) is -0.838. The number of ether oxygens (including phenoxy) is 2. The lowest BCUT2D eigenvalue weighted by molar-refractivity contribution is -0.159. The van der Waals surface area contributed by atoms with E-state index in [2.05, 4.69) is 25.4 Å². The monoisotopic (exact) mass is 547 g/mol. The summed E-state index contributed by atoms with van der Waals surface area (Å²) in [5.41, 5.74) is -1.09. The highest BCUT2D eigenvalue weighted by molar-refractivity contribution is 5.98. The third-order valence-corrected chi connectivity index (χ3v) is 8.04.